The van der Waals surface area contributed by atoms with Gasteiger partial charge in [0.1, 0.15) is 0 Å². The lowest BCUT2D eigenvalue weighted by Gasteiger charge is -2.07. The molecule has 0 radical (unpaired) electrons. The molecule has 0 spiro atoms. The predicted octanol–water partition coefficient (Wildman–Crippen LogP) is -0.0187. The summed E-state index contributed by atoms with van der Waals surface area (Å²) in [6.07, 6.45) is 6.66. The van der Waals surface area contributed by atoms with Crippen molar-refractivity contribution >= 4 is 0 Å². The van der Waals surface area contributed by atoms with Crippen molar-refractivity contribution in [3.63, 3.8) is 0 Å². The van der Waals surface area contributed by atoms with Crippen LogP contribution >= 0.6 is 0 Å². The monoisotopic (exact) mass is 110 g/mol. The number of rotatable bonds is 3. The summed E-state index contributed by atoms with van der Waals surface area (Å²) in [4.78, 5) is 0. The van der Waals surface area contributed by atoms with Gasteiger partial charge in [-0.15, -0.1) is 13.0 Å². The van der Waals surface area contributed by atoms with Crippen LogP contribution < -0.4 is 5.84 Å². The maximum Gasteiger partial charge on any atom is 0.0741 e. The van der Waals surface area contributed by atoms with Gasteiger partial charge in [0.2, 0.25) is 0 Å². The molecule has 0 saturated heterocycles. The van der Waals surface area contributed by atoms with Crippen molar-refractivity contribution in [1.29, 1.82) is 0 Å². The summed E-state index contributed by atoms with van der Waals surface area (Å²) in [5, 5.41) is 1.51. The van der Waals surface area contributed by atoms with Gasteiger partial charge in [-0.1, -0.05) is 12.0 Å². The van der Waals surface area contributed by atoms with Crippen LogP contribution in [0.1, 0.15) is 0 Å². The lowest BCUT2D eigenvalue weighted by Crippen LogP contribution is -2.31. The molecule has 0 aromatic carbocycles. The second-order valence-corrected chi connectivity index (χ2v) is 1.42. The third-order valence-electron chi connectivity index (χ3n) is 0.658. The molecule has 0 heterocycles. The molecule has 2 heteroatoms. The fourth-order valence-electron chi connectivity index (χ4n) is 0.348. The van der Waals surface area contributed by atoms with E-state index in [1.165, 1.54) is 5.01 Å². The molecule has 44 valence electrons. The molecular formula is C6H10N2. The second-order valence-electron chi connectivity index (χ2n) is 1.42. The molecule has 0 saturated carbocycles. The normalized spacial score (nSPS) is 8.62. The molecule has 0 amide bonds. The van der Waals surface area contributed by atoms with Gasteiger partial charge in [-0.3, -0.25) is 5.84 Å². The van der Waals surface area contributed by atoms with Crippen molar-refractivity contribution in [3.8, 4) is 12.3 Å². The van der Waals surface area contributed by atoms with E-state index in [1.807, 2.05) is 0 Å². The Kier molecular flexibility index (Phi) is 3.95. The van der Waals surface area contributed by atoms with Crippen molar-refractivity contribution in [2.24, 2.45) is 5.84 Å². The molecule has 0 aliphatic carbocycles. The smallest absolute Gasteiger partial charge is 0.0741 e. The molecule has 2 nitrogen and oxygen atoms in total. The van der Waals surface area contributed by atoms with Crippen molar-refractivity contribution in [3.05, 3.63) is 12.7 Å². The van der Waals surface area contributed by atoms with Crippen molar-refractivity contribution < 1.29 is 0 Å². The number of nitrogens with two attached hydrogens (primary N) is 1. The van der Waals surface area contributed by atoms with Gasteiger partial charge in [0.25, 0.3) is 0 Å². The summed E-state index contributed by atoms with van der Waals surface area (Å²) in [5.41, 5.74) is 0. The van der Waals surface area contributed by atoms with E-state index in [-0.39, 0.29) is 0 Å². The number of hydrazine groups is 1. The fraction of sp³-hybridized carbons (Fsp3) is 0.333. The van der Waals surface area contributed by atoms with Crippen LogP contribution in [0.25, 0.3) is 0 Å². The molecule has 2 N–H and O–H groups in total. The van der Waals surface area contributed by atoms with Gasteiger partial charge in [-0.25, -0.2) is 5.01 Å². The second kappa shape index (κ2) is 4.38. The molecule has 0 aromatic heterocycles. The largest absolute Gasteiger partial charge is 0.268 e. The van der Waals surface area contributed by atoms with E-state index in [9.17, 15) is 0 Å². The van der Waals surface area contributed by atoms with Gasteiger partial charge < -0.3 is 0 Å². The zero-order valence-corrected chi connectivity index (χ0v) is 4.80. The SMILES string of the molecule is C#CCN(N)CC=C. The standard InChI is InChI=1S/C6H10N2/c1-3-5-8(7)6-4-2/h1,4H,2,5-7H2. The maximum atomic E-state index is 5.31. The third-order valence-corrected chi connectivity index (χ3v) is 0.658. The van der Waals surface area contributed by atoms with Crippen LogP contribution in [0.2, 0.25) is 0 Å². The van der Waals surface area contributed by atoms with Crippen molar-refractivity contribution in [2.75, 3.05) is 13.1 Å². The van der Waals surface area contributed by atoms with Crippen LogP contribution in [0.3, 0.4) is 0 Å². The van der Waals surface area contributed by atoms with E-state index in [0.717, 1.165) is 0 Å². The molecule has 8 heavy (non-hydrogen) atoms. The molecule has 0 bridgehead atoms. The Morgan fingerprint density at radius 1 is 1.88 bits per heavy atom. The summed E-state index contributed by atoms with van der Waals surface area (Å²) < 4.78 is 0. The molecule has 0 aromatic rings. The molecule has 0 unspecified atom stereocenters. The Morgan fingerprint density at radius 3 is 2.88 bits per heavy atom. The van der Waals surface area contributed by atoms with E-state index in [0.29, 0.717) is 13.1 Å². The fourth-order valence-corrected chi connectivity index (χ4v) is 0.348. The maximum absolute atomic E-state index is 5.31. The first-order valence-corrected chi connectivity index (χ1v) is 2.35. The van der Waals surface area contributed by atoms with Gasteiger partial charge in [-0.2, -0.15) is 0 Å². The molecule has 0 aliphatic rings. The topological polar surface area (TPSA) is 29.3 Å². The van der Waals surface area contributed by atoms with E-state index in [1.54, 1.807) is 6.08 Å². The number of terminal acetylenes is 1. The summed E-state index contributed by atoms with van der Waals surface area (Å²) in [7, 11) is 0. The molecular weight excluding hydrogens is 100 g/mol. The van der Waals surface area contributed by atoms with Gasteiger partial charge >= 0.3 is 0 Å². The summed E-state index contributed by atoms with van der Waals surface area (Å²) >= 11 is 0. The molecule has 0 rings (SSSR count). The first-order valence-electron chi connectivity index (χ1n) is 2.35. The third kappa shape index (κ3) is 3.41. The first-order chi connectivity index (χ1) is 3.81. The van der Waals surface area contributed by atoms with E-state index in [2.05, 4.69) is 12.5 Å². The van der Waals surface area contributed by atoms with Crippen LogP contribution in [0.15, 0.2) is 12.7 Å². The molecule has 0 fully saturated rings. The minimum absolute atomic E-state index is 0.478. The summed E-state index contributed by atoms with van der Waals surface area (Å²) in [6, 6.07) is 0. The zero-order valence-electron chi connectivity index (χ0n) is 4.80. The van der Waals surface area contributed by atoms with E-state index >= 15 is 0 Å². The highest BCUT2D eigenvalue weighted by atomic mass is 15.4. The van der Waals surface area contributed by atoms with Gasteiger partial charge in [0.05, 0.1) is 6.54 Å². The van der Waals surface area contributed by atoms with Gasteiger partial charge in [0.15, 0.2) is 0 Å². The predicted molar refractivity (Wildman–Crippen MR) is 34.8 cm³/mol. The zero-order chi connectivity index (χ0) is 6.41. The first kappa shape index (κ1) is 7.22. The number of hydrogen-bond donors (Lipinski definition) is 1. The molecule has 0 aliphatic heterocycles. The molecule has 0 atom stereocenters. The Hall–Kier alpha value is -0.780. The minimum atomic E-state index is 0.478. The van der Waals surface area contributed by atoms with Crippen LogP contribution in [-0.2, 0) is 0 Å². The number of nitrogens with zero attached hydrogens (tertiary/aromatic N) is 1. The van der Waals surface area contributed by atoms with Crippen LogP contribution in [0, 0.1) is 12.3 Å². The number of hydrogen-bond acceptors (Lipinski definition) is 2. The highest BCUT2D eigenvalue weighted by Crippen LogP contribution is 1.73. The van der Waals surface area contributed by atoms with Gasteiger partial charge in [-0.05, 0) is 0 Å². The van der Waals surface area contributed by atoms with E-state index < -0.39 is 0 Å². The van der Waals surface area contributed by atoms with Gasteiger partial charge in [0, 0.05) is 6.54 Å². The van der Waals surface area contributed by atoms with Crippen LogP contribution in [0.4, 0.5) is 0 Å². The highest BCUT2D eigenvalue weighted by Gasteiger charge is 1.87. The minimum Gasteiger partial charge on any atom is -0.268 e. The van der Waals surface area contributed by atoms with Crippen molar-refractivity contribution in [1.82, 2.24) is 5.01 Å². The van der Waals surface area contributed by atoms with Crippen molar-refractivity contribution in [2.45, 2.75) is 0 Å². The summed E-state index contributed by atoms with van der Waals surface area (Å²) in [6.45, 7) is 4.61. The Balaban J connectivity index is 3.20. The lowest BCUT2D eigenvalue weighted by molar-refractivity contribution is 0.356. The Labute approximate surface area is 49.9 Å². The average Bonchev–Trinajstić information content (AvgIpc) is 1.68. The summed E-state index contributed by atoms with van der Waals surface area (Å²) in [5.74, 6) is 7.72. The quantitative estimate of drug-likeness (QED) is 0.239. The van der Waals surface area contributed by atoms with Crippen LogP contribution in [-0.4, -0.2) is 18.1 Å². The lowest BCUT2D eigenvalue weighted by atomic mass is 10.5. The Bertz CT molecular complexity index is 102. The Morgan fingerprint density at radius 2 is 2.50 bits per heavy atom. The van der Waals surface area contributed by atoms with Crippen LogP contribution in [0.5, 0.6) is 0 Å². The highest BCUT2D eigenvalue weighted by molar-refractivity contribution is 4.88. The average molecular weight is 110 g/mol. The van der Waals surface area contributed by atoms with E-state index in [4.69, 9.17) is 12.3 Å².